The van der Waals surface area contributed by atoms with Crippen LogP contribution in [0.2, 0.25) is 0 Å². The van der Waals surface area contributed by atoms with Gasteiger partial charge in [0.05, 0.1) is 24.2 Å². The van der Waals surface area contributed by atoms with E-state index in [1.165, 1.54) is 4.68 Å². The van der Waals surface area contributed by atoms with Crippen LogP contribution in [0.5, 0.6) is 5.75 Å². The molecule has 0 aliphatic carbocycles. The van der Waals surface area contributed by atoms with E-state index in [0.29, 0.717) is 16.7 Å². The number of methoxy groups -OCH3 is 1. The Morgan fingerprint density at radius 1 is 1.02 bits per heavy atom. The lowest BCUT2D eigenvalue weighted by atomic mass is 9.96. The summed E-state index contributed by atoms with van der Waals surface area (Å²) >= 11 is 0. The van der Waals surface area contributed by atoms with E-state index in [2.05, 4.69) is 13.8 Å². The number of ether oxygens (including phenoxy) is 1. The fourth-order valence-corrected chi connectivity index (χ4v) is 5.28. The van der Waals surface area contributed by atoms with E-state index in [-0.39, 0.29) is 11.5 Å². The highest BCUT2D eigenvalue weighted by Gasteiger charge is 2.22. The number of hydrogen-bond acceptors (Lipinski definition) is 5. The summed E-state index contributed by atoms with van der Waals surface area (Å²) in [5.41, 5.74) is 5.24. The molecule has 2 aromatic heterocycles. The van der Waals surface area contributed by atoms with Crippen molar-refractivity contribution < 1.29 is 14.6 Å². The van der Waals surface area contributed by atoms with Crippen molar-refractivity contribution >= 4 is 34.0 Å². The maximum absolute atomic E-state index is 13.8. The van der Waals surface area contributed by atoms with E-state index in [4.69, 9.17) is 14.8 Å². The first-order valence-corrected chi connectivity index (χ1v) is 13.2. The Hall–Kier alpha value is -4.72. The van der Waals surface area contributed by atoms with E-state index in [0.717, 1.165) is 44.6 Å². The number of fused-ring (bicyclic) bond motifs is 2. The molecule has 8 nitrogen and oxygen atoms in total. The fraction of sp³-hybridized carbons (Fsp3) is 0.250. The van der Waals surface area contributed by atoms with Gasteiger partial charge in [0.1, 0.15) is 11.8 Å². The van der Waals surface area contributed by atoms with Gasteiger partial charge < -0.3 is 14.4 Å². The Morgan fingerprint density at radius 3 is 2.38 bits per heavy atom. The predicted octanol–water partition coefficient (Wildman–Crippen LogP) is 6.29. The van der Waals surface area contributed by atoms with Gasteiger partial charge in [-0.15, -0.1) is 0 Å². The molecule has 0 radical (unpaired) electrons. The second-order valence-corrected chi connectivity index (χ2v) is 10.3. The summed E-state index contributed by atoms with van der Waals surface area (Å²) in [4.78, 5) is 30.6. The van der Waals surface area contributed by atoms with Crippen molar-refractivity contribution in [1.82, 2.24) is 14.2 Å². The Balaban J connectivity index is 1.79. The highest BCUT2D eigenvalue weighted by Crippen LogP contribution is 2.34. The lowest BCUT2D eigenvalue weighted by molar-refractivity contribution is -0.140. The number of nitrogens with zero attached hydrogens (tertiary/aromatic N) is 4. The number of carbonyl (C=O) groups is 1. The molecule has 0 saturated carbocycles. The lowest BCUT2D eigenvalue weighted by Gasteiger charge is -2.17. The average Bonchev–Trinajstić information content (AvgIpc) is 3.22. The van der Waals surface area contributed by atoms with Crippen molar-refractivity contribution in [3.63, 3.8) is 0 Å². The van der Waals surface area contributed by atoms with Gasteiger partial charge in [-0.2, -0.15) is 9.78 Å². The topological polar surface area (TPSA) is 98.7 Å². The van der Waals surface area contributed by atoms with Gasteiger partial charge in [-0.25, -0.2) is 9.78 Å². The summed E-state index contributed by atoms with van der Waals surface area (Å²) in [6.45, 7) is 9.66. The Morgan fingerprint density at radius 2 is 1.70 bits per heavy atom. The zero-order chi connectivity index (χ0) is 28.7. The SMILES string of the molecule is COc1cc(C)c(-c2nc3ccccc3c(=O)n2N=Cc2c(C)n([C@@H](C)C(=O)O)c3ccccc23)cc1C(C)C. The van der Waals surface area contributed by atoms with Gasteiger partial charge in [0, 0.05) is 27.7 Å². The molecule has 1 atom stereocenters. The summed E-state index contributed by atoms with van der Waals surface area (Å²) < 4.78 is 8.76. The van der Waals surface area contributed by atoms with Crippen molar-refractivity contribution in [2.75, 3.05) is 7.11 Å². The number of rotatable bonds is 7. The maximum Gasteiger partial charge on any atom is 0.326 e. The first-order valence-electron chi connectivity index (χ1n) is 13.2. The third kappa shape index (κ3) is 4.45. The van der Waals surface area contributed by atoms with Crippen LogP contribution >= 0.6 is 0 Å². The predicted molar refractivity (Wildman–Crippen MR) is 159 cm³/mol. The molecule has 204 valence electrons. The summed E-state index contributed by atoms with van der Waals surface area (Å²) in [6, 6.07) is 18.0. The number of para-hydroxylation sites is 2. The number of aromatic nitrogens is 3. The molecule has 2 heterocycles. The van der Waals surface area contributed by atoms with Crippen LogP contribution < -0.4 is 10.3 Å². The fourth-order valence-electron chi connectivity index (χ4n) is 5.28. The molecule has 0 bridgehead atoms. The van der Waals surface area contributed by atoms with Crippen LogP contribution in [0, 0.1) is 13.8 Å². The molecule has 1 N–H and O–H groups in total. The monoisotopic (exact) mass is 536 g/mol. The molecule has 0 amide bonds. The van der Waals surface area contributed by atoms with E-state index < -0.39 is 12.0 Å². The molecule has 5 aromatic rings. The first kappa shape index (κ1) is 26.9. The highest BCUT2D eigenvalue weighted by atomic mass is 16.5. The third-order valence-electron chi connectivity index (χ3n) is 7.45. The van der Waals surface area contributed by atoms with Gasteiger partial charge in [-0.1, -0.05) is 44.2 Å². The number of hydrogen-bond donors (Lipinski definition) is 1. The van der Waals surface area contributed by atoms with E-state index >= 15 is 0 Å². The minimum Gasteiger partial charge on any atom is -0.496 e. The number of benzene rings is 3. The zero-order valence-electron chi connectivity index (χ0n) is 23.5. The molecule has 0 spiro atoms. The van der Waals surface area contributed by atoms with Gasteiger partial charge in [0.25, 0.3) is 5.56 Å². The van der Waals surface area contributed by atoms with E-state index in [1.807, 2.05) is 62.4 Å². The number of carboxylic acid groups (broad SMARTS) is 1. The molecule has 0 saturated heterocycles. The largest absolute Gasteiger partial charge is 0.496 e. The van der Waals surface area contributed by atoms with Crippen LogP contribution in [0.15, 0.2) is 70.6 Å². The van der Waals surface area contributed by atoms with Crippen LogP contribution in [0.1, 0.15) is 55.1 Å². The van der Waals surface area contributed by atoms with Crippen molar-refractivity contribution in [3.8, 4) is 17.1 Å². The molecule has 40 heavy (non-hydrogen) atoms. The minimum atomic E-state index is -0.930. The normalized spacial score (nSPS) is 12.6. The second kappa shape index (κ2) is 10.4. The summed E-state index contributed by atoms with van der Waals surface area (Å²) in [6.07, 6.45) is 1.63. The first-order chi connectivity index (χ1) is 19.1. The quantitative estimate of drug-likeness (QED) is 0.246. The van der Waals surface area contributed by atoms with Crippen molar-refractivity contribution in [2.24, 2.45) is 5.10 Å². The van der Waals surface area contributed by atoms with E-state index in [1.54, 1.807) is 36.9 Å². The molecule has 3 aromatic carbocycles. The number of aryl methyl sites for hydroxylation is 1. The molecule has 0 aliphatic heterocycles. The molecule has 5 rings (SSSR count). The Labute approximate surface area is 232 Å². The van der Waals surface area contributed by atoms with Gasteiger partial charge in [0.15, 0.2) is 5.82 Å². The summed E-state index contributed by atoms with van der Waals surface area (Å²) in [7, 11) is 1.65. The number of aliphatic carboxylic acids is 1. The molecule has 0 unspecified atom stereocenters. The van der Waals surface area contributed by atoms with Crippen LogP contribution in [-0.4, -0.2) is 38.6 Å². The standard InChI is InChI=1S/C32H32N4O4/c1-18(2)24-16-25(19(3)15-29(24)40-6)30-34-27-13-9-7-12-23(27)31(37)36(30)33-17-26-20(4)35(21(5)32(38)39)28-14-10-8-11-22(26)28/h7-18,21H,1-6H3,(H,38,39)/t21-/m0/s1. The van der Waals surface area contributed by atoms with Crippen molar-refractivity contribution in [3.05, 3.63) is 93.4 Å². The third-order valence-corrected chi connectivity index (χ3v) is 7.45. The van der Waals surface area contributed by atoms with Crippen LogP contribution in [0.3, 0.4) is 0 Å². The molecule has 0 fully saturated rings. The average molecular weight is 537 g/mol. The van der Waals surface area contributed by atoms with Crippen LogP contribution in [-0.2, 0) is 4.79 Å². The molecule has 8 heteroatoms. The summed E-state index contributed by atoms with van der Waals surface area (Å²) in [5.74, 6) is 0.455. The summed E-state index contributed by atoms with van der Waals surface area (Å²) in [5, 5.41) is 15.8. The second-order valence-electron chi connectivity index (χ2n) is 10.3. The zero-order valence-corrected chi connectivity index (χ0v) is 23.5. The van der Waals surface area contributed by atoms with Crippen LogP contribution in [0.4, 0.5) is 0 Å². The highest BCUT2D eigenvalue weighted by molar-refractivity contribution is 6.01. The van der Waals surface area contributed by atoms with Gasteiger partial charge in [-0.3, -0.25) is 4.79 Å². The maximum atomic E-state index is 13.8. The van der Waals surface area contributed by atoms with Crippen molar-refractivity contribution in [1.29, 1.82) is 0 Å². The smallest absolute Gasteiger partial charge is 0.326 e. The molecule has 0 aliphatic rings. The van der Waals surface area contributed by atoms with Gasteiger partial charge in [0.2, 0.25) is 0 Å². The minimum absolute atomic E-state index is 0.184. The van der Waals surface area contributed by atoms with E-state index in [9.17, 15) is 14.7 Å². The van der Waals surface area contributed by atoms with Crippen LogP contribution in [0.25, 0.3) is 33.2 Å². The lowest BCUT2D eigenvalue weighted by Crippen LogP contribution is -2.21. The Kier molecular flexibility index (Phi) is 7.02. The van der Waals surface area contributed by atoms with Gasteiger partial charge >= 0.3 is 5.97 Å². The van der Waals surface area contributed by atoms with Gasteiger partial charge in [-0.05, 0) is 68.1 Å². The Bertz CT molecular complexity index is 1860. The molecular weight excluding hydrogens is 504 g/mol. The number of carboxylic acids is 1. The van der Waals surface area contributed by atoms with Crippen molar-refractivity contribution in [2.45, 2.75) is 46.6 Å². The molecular formula is C32H32N4O4.